The van der Waals surface area contributed by atoms with E-state index in [1.54, 1.807) is 0 Å². The number of carbonyl (C=O) groups is 1. The molecule has 0 spiro atoms. The first-order valence-corrected chi connectivity index (χ1v) is 7.15. The number of carbonyl (C=O) groups excluding carboxylic acids is 1. The number of hydrogen-bond donors (Lipinski definition) is 2. The van der Waals surface area contributed by atoms with Crippen LogP contribution in [0.1, 0.15) is 30.6 Å². The van der Waals surface area contributed by atoms with Crippen molar-refractivity contribution < 1.29 is 13.6 Å². The maximum absolute atomic E-state index is 13.2. The lowest BCUT2D eigenvalue weighted by Gasteiger charge is -2.20. The van der Waals surface area contributed by atoms with Crippen LogP contribution in [0.5, 0.6) is 0 Å². The van der Waals surface area contributed by atoms with E-state index in [-0.39, 0.29) is 11.3 Å². The molecule has 4 nitrogen and oxygen atoms in total. The number of nitrogens with two attached hydrogens (primary N) is 1. The molecule has 1 aromatic rings. The molecular weight excluding hydrogens is 276 g/mol. The Bertz CT molecular complexity index is 534. The average molecular weight is 297 g/mol. The second kappa shape index (κ2) is 6.39. The van der Waals surface area contributed by atoms with Crippen LogP contribution in [0.2, 0.25) is 0 Å². The van der Waals surface area contributed by atoms with Gasteiger partial charge in [-0.1, -0.05) is 0 Å². The Morgan fingerprint density at radius 1 is 1.43 bits per heavy atom. The molecule has 0 radical (unpaired) electrons. The molecule has 2 rings (SSSR count). The Labute approximate surface area is 123 Å². The number of amides is 1. The quantitative estimate of drug-likeness (QED) is 0.836. The fourth-order valence-corrected chi connectivity index (χ4v) is 2.59. The second-order valence-electron chi connectivity index (χ2n) is 5.81. The van der Waals surface area contributed by atoms with E-state index in [1.165, 1.54) is 0 Å². The van der Waals surface area contributed by atoms with Gasteiger partial charge in [0.1, 0.15) is 0 Å². The molecule has 1 atom stereocenters. The van der Waals surface area contributed by atoms with Gasteiger partial charge in [-0.15, -0.1) is 0 Å². The molecule has 1 heterocycles. The molecule has 0 aliphatic carbocycles. The SMILES string of the molecule is CC(C)N1CCC(CNC(=O)c2cc(F)c(F)cc2N)C1. The number of nitrogens with one attached hydrogen (secondary N) is 1. The number of halogens is 2. The van der Waals surface area contributed by atoms with Gasteiger partial charge < -0.3 is 16.0 Å². The van der Waals surface area contributed by atoms with Gasteiger partial charge in [0.2, 0.25) is 0 Å². The number of likely N-dealkylation sites (tertiary alicyclic amines) is 1. The van der Waals surface area contributed by atoms with E-state index >= 15 is 0 Å². The summed E-state index contributed by atoms with van der Waals surface area (Å²) in [6, 6.07) is 2.17. The summed E-state index contributed by atoms with van der Waals surface area (Å²) >= 11 is 0. The predicted molar refractivity (Wildman–Crippen MR) is 77.9 cm³/mol. The Hall–Kier alpha value is -1.69. The monoisotopic (exact) mass is 297 g/mol. The van der Waals surface area contributed by atoms with Crippen LogP contribution in [0.25, 0.3) is 0 Å². The smallest absolute Gasteiger partial charge is 0.253 e. The van der Waals surface area contributed by atoms with Crippen LogP contribution < -0.4 is 11.1 Å². The van der Waals surface area contributed by atoms with Crippen molar-refractivity contribution in [2.45, 2.75) is 26.3 Å². The Kier molecular flexibility index (Phi) is 4.77. The fourth-order valence-electron chi connectivity index (χ4n) is 2.59. The van der Waals surface area contributed by atoms with Gasteiger partial charge in [-0.05, 0) is 38.8 Å². The number of nitrogen functional groups attached to an aromatic ring is 1. The molecule has 21 heavy (non-hydrogen) atoms. The van der Waals surface area contributed by atoms with Gasteiger partial charge in [0.25, 0.3) is 5.91 Å². The first-order chi connectivity index (χ1) is 9.88. The lowest BCUT2D eigenvalue weighted by molar-refractivity contribution is 0.0947. The second-order valence-corrected chi connectivity index (χ2v) is 5.81. The van der Waals surface area contributed by atoms with Crippen molar-refractivity contribution in [2.24, 2.45) is 5.92 Å². The highest BCUT2D eigenvalue weighted by atomic mass is 19.2. The van der Waals surface area contributed by atoms with Crippen molar-refractivity contribution in [1.29, 1.82) is 0 Å². The molecule has 1 amide bonds. The normalized spacial score (nSPS) is 19.2. The minimum absolute atomic E-state index is 0.0207. The number of anilines is 1. The zero-order chi connectivity index (χ0) is 15.6. The van der Waals surface area contributed by atoms with Gasteiger partial charge in [0.15, 0.2) is 11.6 Å². The molecule has 116 valence electrons. The minimum atomic E-state index is -1.07. The largest absolute Gasteiger partial charge is 0.398 e. The van der Waals surface area contributed by atoms with Gasteiger partial charge >= 0.3 is 0 Å². The lowest BCUT2D eigenvalue weighted by atomic mass is 10.1. The predicted octanol–water partition coefficient (Wildman–Crippen LogP) is 2.01. The molecule has 0 bridgehead atoms. The van der Waals surface area contributed by atoms with Crippen molar-refractivity contribution in [2.75, 3.05) is 25.4 Å². The molecular formula is C15H21F2N3O. The standard InChI is InChI=1S/C15H21F2N3O/c1-9(2)20-4-3-10(8-20)7-19-15(21)11-5-12(16)13(17)6-14(11)18/h5-6,9-10H,3-4,7-8,18H2,1-2H3,(H,19,21). The van der Waals surface area contributed by atoms with Crippen molar-refractivity contribution in [3.8, 4) is 0 Å². The molecule has 1 unspecified atom stereocenters. The van der Waals surface area contributed by atoms with Crippen LogP contribution in [-0.4, -0.2) is 36.5 Å². The molecule has 0 saturated carbocycles. The van der Waals surface area contributed by atoms with Crippen molar-refractivity contribution in [3.05, 3.63) is 29.3 Å². The molecule has 6 heteroatoms. The van der Waals surface area contributed by atoms with Gasteiger partial charge in [0, 0.05) is 30.9 Å². The molecule has 1 aliphatic rings. The first kappa shape index (κ1) is 15.7. The molecule has 1 saturated heterocycles. The topological polar surface area (TPSA) is 58.4 Å². The fraction of sp³-hybridized carbons (Fsp3) is 0.533. The van der Waals surface area contributed by atoms with Crippen molar-refractivity contribution in [1.82, 2.24) is 10.2 Å². The Morgan fingerprint density at radius 2 is 2.10 bits per heavy atom. The maximum Gasteiger partial charge on any atom is 0.253 e. The average Bonchev–Trinajstić information content (AvgIpc) is 2.89. The highest BCUT2D eigenvalue weighted by Crippen LogP contribution is 2.19. The highest BCUT2D eigenvalue weighted by molar-refractivity contribution is 5.99. The Balaban J connectivity index is 1.92. The summed E-state index contributed by atoms with van der Waals surface area (Å²) in [7, 11) is 0. The Morgan fingerprint density at radius 3 is 2.71 bits per heavy atom. The molecule has 1 aliphatic heterocycles. The van der Waals surface area contributed by atoms with E-state index in [2.05, 4.69) is 24.1 Å². The van der Waals surface area contributed by atoms with E-state index in [1.807, 2.05) is 0 Å². The summed E-state index contributed by atoms with van der Waals surface area (Å²) in [6.45, 7) is 6.75. The van der Waals surface area contributed by atoms with Crippen molar-refractivity contribution >= 4 is 11.6 Å². The van der Waals surface area contributed by atoms with Crippen LogP contribution in [0.15, 0.2) is 12.1 Å². The van der Waals surface area contributed by atoms with Crippen LogP contribution in [0.3, 0.4) is 0 Å². The summed E-state index contributed by atoms with van der Waals surface area (Å²) in [5.74, 6) is -2.20. The van der Waals surface area contributed by atoms with E-state index in [0.29, 0.717) is 18.5 Å². The number of benzene rings is 1. The number of rotatable bonds is 4. The third-order valence-electron chi connectivity index (χ3n) is 3.94. The minimum Gasteiger partial charge on any atom is -0.398 e. The van der Waals surface area contributed by atoms with Crippen LogP contribution >= 0.6 is 0 Å². The third kappa shape index (κ3) is 3.69. The van der Waals surface area contributed by atoms with E-state index < -0.39 is 17.5 Å². The van der Waals surface area contributed by atoms with Gasteiger partial charge in [-0.2, -0.15) is 0 Å². The number of nitrogens with zero attached hydrogens (tertiary/aromatic N) is 1. The lowest BCUT2D eigenvalue weighted by Crippen LogP contribution is -2.33. The summed E-state index contributed by atoms with van der Waals surface area (Å²) in [4.78, 5) is 14.4. The number of hydrogen-bond acceptors (Lipinski definition) is 3. The van der Waals surface area contributed by atoms with Crippen LogP contribution in [-0.2, 0) is 0 Å². The molecule has 0 aromatic heterocycles. The van der Waals surface area contributed by atoms with E-state index in [0.717, 1.165) is 31.6 Å². The van der Waals surface area contributed by atoms with Crippen molar-refractivity contribution in [3.63, 3.8) is 0 Å². The third-order valence-corrected chi connectivity index (χ3v) is 3.94. The molecule has 1 aromatic carbocycles. The summed E-state index contributed by atoms with van der Waals surface area (Å²) in [5.41, 5.74) is 5.49. The summed E-state index contributed by atoms with van der Waals surface area (Å²) in [5, 5.41) is 2.75. The van der Waals surface area contributed by atoms with Gasteiger partial charge in [-0.3, -0.25) is 4.79 Å². The molecule has 3 N–H and O–H groups in total. The highest BCUT2D eigenvalue weighted by Gasteiger charge is 2.24. The first-order valence-electron chi connectivity index (χ1n) is 7.15. The van der Waals surface area contributed by atoms with E-state index in [9.17, 15) is 13.6 Å². The van der Waals surface area contributed by atoms with Gasteiger partial charge in [0.05, 0.1) is 5.56 Å². The van der Waals surface area contributed by atoms with Crippen LogP contribution in [0.4, 0.5) is 14.5 Å². The van der Waals surface area contributed by atoms with E-state index in [4.69, 9.17) is 5.73 Å². The maximum atomic E-state index is 13.2. The van der Waals surface area contributed by atoms with Crippen LogP contribution in [0, 0.1) is 17.6 Å². The van der Waals surface area contributed by atoms with Gasteiger partial charge in [-0.25, -0.2) is 8.78 Å². The zero-order valence-electron chi connectivity index (χ0n) is 12.3. The summed E-state index contributed by atoms with van der Waals surface area (Å²) in [6.07, 6.45) is 1.02. The summed E-state index contributed by atoms with van der Waals surface area (Å²) < 4.78 is 26.2. The zero-order valence-corrected chi connectivity index (χ0v) is 12.3. The molecule has 1 fully saturated rings.